The van der Waals surface area contributed by atoms with Gasteiger partial charge in [0.25, 0.3) is 5.91 Å². The molecule has 3 rings (SSSR count). The number of benzene rings is 1. The number of rotatable bonds is 8. The molecule has 1 aliphatic carbocycles. The minimum atomic E-state index is -3.38. The highest BCUT2D eigenvalue weighted by Crippen LogP contribution is 2.21. The summed E-state index contributed by atoms with van der Waals surface area (Å²) < 4.78 is 35.0. The molecule has 9 heteroatoms. The molecule has 1 aliphatic heterocycles. The number of amides is 1. The van der Waals surface area contributed by atoms with Gasteiger partial charge in [0.15, 0.2) is 9.84 Å². The summed E-state index contributed by atoms with van der Waals surface area (Å²) in [6.07, 6.45) is 9.64. The van der Waals surface area contributed by atoms with E-state index >= 15 is 0 Å². The molecule has 0 aromatic heterocycles. The van der Waals surface area contributed by atoms with Gasteiger partial charge < -0.3 is 25.8 Å². The standard InChI is InChI=1S/C25H31N3O5S/c1-3-18-7-4-10-22(25(26)29)24(28-19-8-5-9-21(15-19)34(2,30)31)12-6-11-23(18)27-16-20-17-32-13-14-33-20/h4-10,15,20,27-28H,3,11,13-14,16-17H2,1-2H3,(H2,26,29)/b7-4?,22-10+,23-18?. The van der Waals surface area contributed by atoms with Gasteiger partial charge in [-0.05, 0) is 42.3 Å². The predicted molar refractivity (Wildman–Crippen MR) is 132 cm³/mol. The number of nitrogens with one attached hydrogen (secondary N) is 2. The van der Waals surface area contributed by atoms with E-state index < -0.39 is 15.7 Å². The average molecular weight is 486 g/mol. The number of hydrogen-bond acceptors (Lipinski definition) is 7. The zero-order chi connectivity index (χ0) is 24.6. The number of allylic oxidation sites excluding steroid dienone is 5. The molecular formula is C25H31N3O5S. The Kier molecular flexibility index (Phi) is 8.90. The lowest BCUT2D eigenvalue weighted by molar-refractivity contribution is -0.114. The van der Waals surface area contributed by atoms with Crippen molar-refractivity contribution in [3.05, 3.63) is 76.8 Å². The molecule has 1 aromatic rings. The van der Waals surface area contributed by atoms with E-state index in [0.717, 1.165) is 23.9 Å². The van der Waals surface area contributed by atoms with Gasteiger partial charge in [-0.25, -0.2) is 8.42 Å². The van der Waals surface area contributed by atoms with E-state index in [0.29, 0.717) is 44.2 Å². The molecule has 1 atom stereocenters. The highest BCUT2D eigenvalue weighted by Gasteiger charge is 2.16. The summed E-state index contributed by atoms with van der Waals surface area (Å²) in [5.74, 6) is -0.622. The van der Waals surface area contributed by atoms with Crippen LogP contribution in [-0.2, 0) is 24.1 Å². The van der Waals surface area contributed by atoms with Crippen LogP contribution in [0.25, 0.3) is 0 Å². The average Bonchev–Trinajstić information content (AvgIpc) is 2.81. The fourth-order valence-corrected chi connectivity index (χ4v) is 4.24. The van der Waals surface area contributed by atoms with Crippen molar-refractivity contribution in [2.75, 3.05) is 37.9 Å². The van der Waals surface area contributed by atoms with Gasteiger partial charge in [-0.3, -0.25) is 4.79 Å². The lowest BCUT2D eigenvalue weighted by atomic mass is 10.0. The molecule has 0 spiro atoms. The Morgan fingerprint density at radius 2 is 2.12 bits per heavy atom. The lowest BCUT2D eigenvalue weighted by Crippen LogP contribution is -2.37. The molecule has 0 radical (unpaired) electrons. The fraction of sp³-hybridized carbons (Fsp3) is 0.360. The van der Waals surface area contributed by atoms with Crippen LogP contribution in [0.3, 0.4) is 0 Å². The molecule has 1 amide bonds. The number of carbonyl (C=O) groups excluding carboxylic acids is 1. The summed E-state index contributed by atoms with van der Waals surface area (Å²) in [6.45, 7) is 4.44. The number of anilines is 1. The predicted octanol–water partition coefficient (Wildman–Crippen LogP) is 2.58. The SMILES string of the molecule is CCC1=C(NCC2COCCO2)CC=C=C(Nc2cccc(S(C)(=O)=O)c2)/C(C(N)=O)=C\C=C1. The van der Waals surface area contributed by atoms with Crippen LogP contribution in [-0.4, -0.2) is 53.1 Å². The largest absolute Gasteiger partial charge is 0.385 e. The summed E-state index contributed by atoms with van der Waals surface area (Å²) >= 11 is 0. The Hall–Kier alpha value is -3.10. The van der Waals surface area contributed by atoms with Crippen molar-refractivity contribution in [2.45, 2.75) is 30.8 Å². The van der Waals surface area contributed by atoms with E-state index in [9.17, 15) is 13.2 Å². The van der Waals surface area contributed by atoms with Crippen LogP contribution >= 0.6 is 0 Å². The van der Waals surface area contributed by atoms with Gasteiger partial charge in [0, 0.05) is 30.6 Å². The zero-order valence-corrected chi connectivity index (χ0v) is 20.3. The number of ether oxygens (including phenoxy) is 2. The molecule has 1 aromatic carbocycles. The molecule has 1 unspecified atom stereocenters. The lowest BCUT2D eigenvalue weighted by Gasteiger charge is -2.24. The smallest absolute Gasteiger partial charge is 0.251 e. The Bertz CT molecular complexity index is 1170. The molecule has 1 saturated heterocycles. The Morgan fingerprint density at radius 3 is 2.79 bits per heavy atom. The quantitative estimate of drug-likeness (QED) is 0.484. The number of hydrogen-bond donors (Lipinski definition) is 3. The van der Waals surface area contributed by atoms with Gasteiger partial charge in [-0.1, -0.05) is 30.9 Å². The summed E-state index contributed by atoms with van der Waals surface area (Å²) in [4.78, 5) is 12.4. The Morgan fingerprint density at radius 1 is 1.29 bits per heavy atom. The van der Waals surface area contributed by atoms with E-state index in [1.807, 2.05) is 12.2 Å². The maximum Gasteiger partial charge on any atom is 0.251 e. The van der Waals surface area contributed by atoms with E-state index in [1.54, 1.807) is 24.3 Å². The van der Waals surface area contributed by atoms with E-state index in [1.165, 1.54) is 12.1 Å². The maximum absolute atomic E-state index is 12.2. The summed E-state index contributed by atoms with van der Waals surface area (Å²) in [5, 5.41) is 6.57. The van der Waals surface area contributed by atoms with Crippen LogP contribution < -0.4 is 16.4 Å². The molecule has 0 bridgehead atoms. The molecule has 1 heterocycles. The molecule has 4 N–H and O–H groups in total. The Balaban J connectivity index is 1.91. The summed E-state index contributed by atoms with van der Waals surface area (Å²) in [7, 11) is -3.38. The van der Waals surface area contributed by atoms with E-state index in [2.05, 4.69) is 23.3 Å². The third-order valence-corrected chi connectivity index (χ3v) is 6.49. The highest BCUT2D eigenvalue weighted by atomic mass is 32.2. The number of primary amides is 1. The first-order valence-electron chi connectivity index (χ1n) is 11.1. The van der Waals surface area contributed by atoms with Crippen molar-refractivity contribution in [1.29, 1.82) is 0 Å². The maximum atomic E-state index is 12.2. The molecule has 1 fully saturated rings. The normalized spacial score (nSPS) is 20.8. The third kappa shape index (κ3) is 7.20. The van der Waals surface area contributed by atoms with Crippen molar-refractivity contribution in [1.82, 2.24) is 5.32 Å². The molecule has 182 valence electrons. The van der Waals surface area contributed by atoms with Gasteiger partial charge >= 0.3 is 0 Å². The minimum Gasteiger partial charge on any atom is -0.385 e. The monoisotopic (exact) mass is 485 g/mol. The third-order valence-electron chi connectivity index (χ3n) is 5.38. The first kappa shape index (κ1) is 25.5. The van der Waals surface area contributed by atoms with Gasteiger partial charge in [-0.15, -0.1) is 0 Å². The van der Waals surface area contributed by atoms with Crippen molar-refractivity contribution < 1.29 is 22.7 Å². The van der Waals surface area contributed by atoms with Crippen LogP contribution in [0.1, 0.15) is 19.8 Å². The fourth-order valence-electron chi connectivity index (χ4n) is 3.57. The van der Waals surface area contributed by atoms with Crippen molar-refractivity contribution in [3.8, 4) is 0 Å². The van der Waals surface area contributed by atoms with Crippen molar-refractivity contribution >= 4 is 21.4 Å². The van der Waals surface area contributed by atoms with E-state index in [4.69, 9.17) is 15.2 Å². The number of nitrogens with two attached hydrogens (primary N) is 1. The van der Waals surface area contributed by atoms with E-state index in [-0.39, 0.29) is 16.6 Å². The summed E-state index contributed by atoms with van der Waals surface area (Å²) in [5.41, 5.74) is 12.0. The first-order valence-corrected chi connectivity index (χ1v) is 13.0. The van der Waals surface area contributed by atoms with Crippen molar-refractivity contribution in [2.24, 2.45) is 5.73 Å². The van der Waals surface area contributed by atoms with Crippen LogP contribution in [0.15, 0.2) is 81.7 Å². The molecule has 8 nitrogen and oxygen atoms in total. The van der Waals surface area contributed by atoms with Crippen molar-refractivity contribution in [3.63, 3.8) is 0 Å². The van der Waals surface area contributed by atoms with Crippen LogP contribution in [0.2, 0.25) is 0 Å². The topological polar surface area (TPSA) is 120 Å². The van der Waals surface area contributed by atoms with Gasteiger partial charge in [0.2, 0.25) is 0 Å². The second-order valence-electron chi connectivity index (χ2n) is 7.96. The van der Waals surface area contributed by atoms with Gasteiger partial charge in [0.1, 0.15) is 0 Å². The van der Waals surface area contributed by atoms with Crippen LogP contribution in [0.5, 0.6) is 0 Å². The van der Waals surface area contributed by atoms with Gasteiger partial charge in [0.05, 0.1) is 42.1 Å². The number of sulfone groups is 1. The molecule has 2 aliphatic rings. The highest BCUT2D eigenvalue weighted by molar-refractivity contribution is 7.90. The van der Waals surface area contributed by atoms with Gasteiger partial charge in [-0.2, -0.15) is 0 Å². The zero-order valence-electron chi connectivity index (χ0n) is 19.5. The minimum absolute atomic E-state index is 0.0148. The Labute approximate surface area is 200 Å². The molecule has 0 saturated carbocycles. The van der Waals surface area contributed by atoms with Crippen LogP contribution in [0, 0.1) is 0 Å². The molecular weight excluding hydrogens is 454 g/mol. The number of carbonyl (C=O) groups is 1. The first-order chi connectivity index (χ1) is 16.3. The second kappa shape index (κ2) is 11.9. The van der Waals surface area contributed by atoms with Crippen LogP contribution in [0.4, 0.5) is 5.69 Å². The molecule has 34 heavy (non-hydrogen) atoms. The second-order valence-corrected chi connectivity index (χ2v) is 9.98. The summed E-state index contributed by atoms with van der Waals surface area (Å²) in [6, 6.07) is 6.37.